The number of rotatable bonds is 4. The van der Waals surface area contributed by atoms with E-state index in [4.69, 9.17) is 9.47 Å². The van der Waals surface area contributed by atoms with Gasteiger partial charge in [-0.05, 0) is 44.2 Å². The van der Waals surface area contributed by atoms with Crippen LogP contribution in [-0.2, 0) is 20.4 Å². The lowest BCUT2D eigenvalue weighted by atomic mass is 9.82. The number of hydrogen-bond donors (Lipinski definition) is 1. The van der Waals surface area contributed by atoms with E-state index in [-0.39, 0.29) is 35.6 Å². The molecule has 0 aromatic carbocycles. The van der Waals surface area contributed by atoms with Crippen LogP contribution in [0.25, 0.3) is 0 Å². The van der Waals surface area contributed by atoms with Crippen molar-refractivity contribution < 1.29 is 27.4 Å². The average molecular weight is 469 g/mol. The molecule has 7 nitrogen and oxygen atoms in total. The normalized spacial score (nSPS) is 34.8. The molecule has 3 aliphatic heterocycles. The Kier molecular flexibility index (Phi) is 6.03. The zero-order valence-corrected chi connectivity index (χ0v) is 18.8. The zero-order chi connectivity index (χ0) is 23.2. The highest BCUT2D eigenvalue weighted by molar-refractivity contribution is 5.86. The second-order valence-electron chi connectivity index (χ2n) is 9.83. The van der Waals surface area contributed by atoms with Gasteiger partial charge in [0.1, 0.15) is 5.82 Å². The first-order valence-corrected chi connectivity index (χ1v) is 11.7. The van der Waals surface area contributed by atoms with Crippen LogP contribution in [0.4, 0.5) is 19.0 Å². The van der Waals surface area contributed by atoms with E-state index < -0.39 is 11.7 Å². The first kappa shape index (κ1) is 22.9. The molecule has 1 aromatic heterocycles. The van der Waals surface area contributed by atoms with Crippen molar-refractivity contribution >= 4 is 11.7 Å². The number of alkyl halides is 3. The van der Waals surface area contributed by atoms with E-state index in [1.54, 1.807) is 7.11 Å². The van der Waals surface area contributed by atoms with Gasteiger partial charge in [-0.15, -0.1) is 0 Å². The standard InChI is InChI=1S/C23H31F3N4O3/c1-32-19-14-33-9-4-18(19)28-16-2-5-22(11-16)12-17-13-29(7-8-30(17)21(22)31)20-10-15(3-6-27-20)23(24,25)26/h3,6,10,16-19,28H,2,4-5,7-9,11-14H2,1H3/t16-,17?,18?,19?,22+/m1/s1. The number of pyridine rings is 1. The minimum atomic E-state index is -4.40. The van der Waals surface area contributed by atoms with Crippen LogP contribution in [0.5, 0.6) is 0 Å². The number of carbonyl (C=O) groups excluding carboxylic acids is 1. The summed E-state index contributed by atoms with van der Waals surface area (Å²) in [6, 6.07) is 2.60. The fourth-order valence-electron chi connectivity index (χ4n) is 6.20. The summed E-state index contributed by atoms with van der Waals surface area (Å²) in [4.78, 5) is 21.4. The maximum Gasteiger partial charge on any atom is 0.416 e. The molecule has 5 atom stereocenters. The Bertz CT molecular complexity index is 885. The van der Waals surface area contributed by atoms with Crippen LogP contribution in [0.1, 0.15) is 37.7 Å². The molecule has 1 saturated carbocycles. The van der Waals surface area contributed by atoms with Gasteiger partial charge in [0.25, 0.3) is 0 Å². The fraction of sp³-hybridized carbons (Fsp3) is 0.739. The smallest absolute Gasteiger partial charge is 0.379 e. The number of piperazine rings is 1. The maximum atomic E-state index is 13.4. The Morgan fingerprint density at radius 3 is 2.91 bits per heavy atom. The molecule has 4 heterocycles. The summed E-state index contributed by atoms with van der Waals surface area (Å²) >= 11 is 0. The zero-order valence-electron chi connectivity index (χ0n) is 18.8. The number of halogens is 3. The highest BCUT2D eigenvalue weighted by Crippen LogP contribution is 2.50. The first-order valence-electron chi connectivity index (χ1n) is 11.7. The number of ether oxygens (including phenoxy) is 2. The molecule has 3 unspecified atom stereocenters. The number of hydrogen-bond acceptors (Lipinski definition) is 6. The van der Waals surface area contributed by atoms with Gasteiger partial charge >= 0.3 is 6.18 Å². The molecule has 1 spiro atoms. The quantitative estimate of drug-likeness (QED) is 0.733. The van der Waals surface area contributed by atoms with Crippen molar-refractivity contribution in [2.45, 2.75) is 62.5 Å². The van der Waals surface area contributed by atoms with Crippen LogP contribution in [0.15, 0.2) is 18.3 Å². The molecule has 0 radical (unpaired) electrons. The van der Waals surface area contributed by atoms with E-state index in [2.05, 4.69) is 10.3 Å². The summed E-state index contributed by atoms with van der Waals surface area (Å²) in [5.74, 6) is 0.540. The Morgan fingerprint density at radius 1 is 1.27 bits per heavy atom. The SMILES string of the molecule is COC1COCCC1N[C@@H]1CC[C@@]2(CC3CN(c4cc(C(F)(F)F)ccn4)CCN3C2=O)C1. The lowest BCUT2D eigenvalue weighted by Crippen LogP contribution is -2.52. The number of nitrogens with zero attached hydrogens (tertiary/aromatic N) is 3. The van der Waals surface area contributed by atoms with Crippen molar-refractivity contribution in [3.05, 3.63) is 23.9 Å². The summed E-state index contributed by atoms with van der Waals surface area (Å²) in [6.07, 6.45) is 1.07. The maximum absolute atomic E-state index is 13.4. The second kappa shape index (κ2) is 8.70. The Hall–Kier alpha value is -1.91. The van der Waals surface area contributed by atoms with Gasteiger partial charge in [0.15, 0.2) is 0 Å². The van der Waals surface area contributed by atoms with Crippen molar-refractivity contribution in [3.8, 4) is 0 Å². The van der Waals surface area contributed by atoms with Crippen molar-refractivity contribution in [2.24, 2.45) is 5.41 Å². The number of amides is 1. The number of carbonyl (C=O) groups is 1. The number of methoxy groups -OCH3 is 1. The van der Waals surface area contributed by atoms with E-state index in [0.717, 1.165) is 44.2 Å². The van der Waals surface area contributed by atoms with E-state index >= 15 is 0 Å². The van der Waals surface area contributed by atoms with Gasteiger partial charge in [-0.2, -0.15) is 13.2 Å². The molecule has 182 valence electrons. The summed E-state index contributed by atoms with van der Waals surface area (Å²) in [5, 5.41) is 3.72. The summed E-state index contributed by atoms with van der Waals surface area (Å²) in [6.45, 7) is 2.83. The van der Waals surface area contributed by atoms with Gasteiger partial charge in [-0.3, -0.25) is 4.79 Å². The highest BCUT2D eigenvalue weighted by atomic mass is 19.4. The lowest BCUT2D eigenvalue weighted by molar-refractivity contribution is -0.137. The van der Waals surface area contributed by atoms with Crippen molar-refractivity contribution in [1.82, 2.24) is 15.2 Å². The molecule has 1 aromatic rings. The largest absolute Gasteiger partial charge is 0.416 e. The van der Waals surface area contributed by atoms with E-state index in [9.17, 15) is 18.0 Å². The Balaban J connectivity index is 1.24. The molecule has 1 amide bonds. The molecule has 5 rings (SSSR count). The molecule has 0 bridgehead atoms. The molecular weight excluding hydrogens is 437 g/mol. The molecule has 1 aliphatic carbocycles. The summed E-state index contributed by atoms with van der Waals surface area (Å²) < 4.78 is 50.5. The monoisotopic (exact) mass is 468 g/mol. The van der Waals surface area contributed by atoms with Crippen molar-refractivity contribution in [2.75, 3.05) is 44.9 Å². The van der Waals surface area contributed by atoms with Crippen LogP contribution in [0.3, 0.4) is 0 Å². The predicted octanol–water partition coefficient (Wildman–Crippen LogP) is 2.45. The van der Waals surface area contributed by atoms with Gasteiger partial charge in [-0.25, -0.2) is 4.98 Å². The van der Waals surface area contributed by atoms with Gasteiger partial charge in [0.2, 0.25) is 5.91 Å². The molecule has 4 aliphatic rings. The third-order valence-electron chi connectivity index (χ3n) is 7.89. The molecule has 1 N–H and O–H groups in total. The Labute approximate surface area is 191 Å². The van der Waals surface area contributed by atoms with E-state index in [1.165, 1.54) is 6.20 Å². The molecule has 3 saturated heterocycles. The van der Waals surface area contributed by atoms with Gasteiger partial charge in [0.05, 0.1) is 29.7 Å². The Morgan fingerprint density at radius 2 is 2.12 bits per heavy atom. The first-order chi connectivity index (χ1) is 15.8. The molecular formula is C23H31F3N4O3. The third-order valence-corrected chi connectivity index (χ3v) is 7.89. The highest BCUT2D eigenvalue weighted by Gasteiger charge is 2.56. The van der Waals surface area contributed by atoms with Crippen LogP contribution < -0.4 is 10.2 Å². The fourth-order valence-corrected chi connectivity index (χ4v) is 6.20. The van der Waals surface area contributed by atoms with Crippen LogP contribution >= 0.6 is 0 Å². The van der Waals surface area contributed by atoms with Crippen LogP contribution in [-0.4, -0.2) is 80.0 Å². The van der Waals surface area contributed by atoms with Gasteiger partial charge in [-0.1, -0.05) is 0 Å². The van der Waals surface area contributed by atoms with Crippen molar-refractivity contribution in [3.63, 3.8) is 0 Å². The third kappa shape index (κ3) is 4.33. The number of nitrogens with one attached hydrogen (secondary N) is 1. The number of anilines is 1. The summed E-state index contributed by atoms with van der Waals surface area (Å²) in [7, 11) is 1.70. The number of fused-ring (bicyclic) bond motifs is 1. The number of aromatic nitrogens is 1. The predicted molar refractivity (Wildman–Crippen MR) is 115 cm³/mol. The van der Waals surface area contributed by atoms with Crippen LogP contribution in [0, 0.1) is 5.41 Å². The lowest BCUT2D eigenvalue weighted by Gasteiger charge is -2.38. The summed E-state index contributed by atoms with van der Waals surface area (Å²) in [5.41, 5.74) is -1.06. The molecule has 4 fully saturated rings. The van der Waals surface area contributed by atoms with Gasteiger partial charge < -0.3 is 24.6 Å². The average Bonchev–Trinajstić information content (AvgIpc) is 3.33. The van der Waals surface area contributed by atoms with E-state index in [0.29, 0.717) is 38.7 Å². The minimum absolute atomic E-state index is 0.0103. The van der Waals surface area contributed by atoms with Gasteiger partial charge in [0, 0.05) is 51.6 Å². The molecule has 10 heteroatoms. The second-order valence-corrected chi connectivity index (χ2v) is 9.83. The van der Waals surface area contributed by atoms with Crippen LogP contribution in [0.2, 0.25) is 0 Å². The molecule has 33 heavy (non-hydrogen) atoms. The minimum Gasteiger partial charge on any atom is -0.379 e. The topological polar surface area (TPSA) is 66.9 Å². The van der Waals surface area contributed by atoms with Crippen molar-refractivity contribution in [1.29, 1.82) is 0 Å². The van der Waals surface area contributed by atoms with E-state index in [1.807, 2.05) is 9.80 Å².